The lowest BCUT2D eigenvalue weighted by atomic mass is 10.2. The summed E-state index contributed by atoms with van der Waals surface area (Å²) in [4.78, 5) is 0.198. The van der Waals surface area contributed by atoms with Crippen molar-refractivity contribution < 1.29 is 17.6 Å². The molecule has 0 aliphatic carbocycles. The number of hydrogen-bond donors (Lipinski definition) is 2. The fraction of sp³-hybridized carbons (Fsp3) is 0.333. The van der Waals surface area contributed by atoms with Crippen molar-refractivity contribution in [2.75, 3.05) is 11.9 Å². The van der Waals surface area contributed by atoms with Crippen molar-refractivity contribution in [3.63, 3.8) is 0 Å². The normalized spacial score (nSPS) is 17.4. The molecule has 1 atom stereocenters. The Labute approximate surface area is 129 Å². The molecule has 6 nitrogen and oxygen atoms in total. The molecule has 1 aromatic carbocycles. The van der Waals surface area contributed by atoms with Gasteiger partial charge >= 0.3 is 0 Å². The molecule has 0 bridgehead atoms. The van der Waals surface area contributed by atoms with Gasteiger partial charge in [-0.05, 0) is 36.8 Å². The van der Waals surface area contributed by atoms with Crippen molar-refractivity contribution in [2.24, 2.45) is 0 Å². The van der Waals surface area contributed by atoms with E-state index in [0.717, 1.165) is 6.42 Å². The predicted molar refractivity (Wildman–Crippen MR) is 82.4 cm³/mol. The molecule has 2 N–H and O–H groups in total. The molecule has 1 unspecified atom stereocenters. The van der Waals surface area contributed by atoms with Crippen molar-refractivity contribution in [3.05, 3.63) is 42.4 Å². The Bertz CT molecular complexity index is 741. The molecule has 118 valence electrons. The van der Waals surface area contributed by atoms with Crippen LogP contribution >= 0.6 is 0 Å². The number of nitrogens with one attached hydrogen (secondary N) is 2. The monoisotopic (exact) mass is 322 g/mol. The summed E-state index contributed by atoms with van der Waals surface area (Å²) in [5.41, 5.74) is 0.700. The second-order valence-corrected chi connectivity index (χ2v) is 6.86. The van der Waals surface area contributed by atoms with E-state index in [1.807, 2.05) is 0 Å². The van der Waals surface area contributed by atoms with Gasteiger partial charge in [-0.2, -0.15) is 0 Å². The van der Waals surface area contributed by atoms with Crippen LogP contribution in [0.25, 0.3) is 0 Å². The van der Waals surface area contributed by atoms with Gasteiger partial charge in [-0.25, -0.2) is 13.1 Å². The molecule has 2 heterocycles. The number of benzene rings is 1. The maximum atomic E-state index is 12.3. The van der Waals surface area contributed by atoms with Crippen LogP contribution in [0, 0.1) is 0 Å². The lowest BCUT2D eigenvalue weighted by molar-refractivity contribution is 0.201. The number of sulfonamides is 1. The minimum absolute atomic E-state index is 0.118. The molecule has 1 aliphatic heterocycles. The Kier molecular flexibility index (Phi) is 4.08. The van der Waals surface area contributed by atoms with Crippen LogP contribution in [0.5, 0.6) is 5.75 Å². The highest BCUT2D eigenvalue weighted by atomic mass is 32.2. The van der Waals surface area contributed by atoms with Crippen molar-refractivity contribution >= 4 is 15.7 Å². The lowest BCUT2D eigenvalue weighted by Crippen LogP contribution is -2.30. The zero-order valence-electron chi connectivity index (χ0n) is 12.2. The largest absolute Gasteiger partial charge is 0.486 e. The SMILES string of the molecule is CCC1CNc2cc(S(=O)(=O)NCc3ccco3)ccc2O1. The summed E-state index contributed by atoms with van der Waals surface area (Å²) in [7, 11) is -3.59. The minimum Gasteiger partial charge on any atom is -0.486 e. The third kappa shape index (κ3) is 3.10. The van der Waals surface area contributed by atoms with Gasteiger partial charge < -0.3 is 14.5 Å². The highest BCUT2D eigenvalue weighted by Gasteiger charge is 2.21. The quantitative estimate of drug-likeness (QED) is 0.883. The molecule has 3 rings (SSSR count). The van der Waals surface area contributed by atoms with Crippen LogP contribution in [0.2, 0.25) is 0 Å². The van der Waals surface area contributed by atoms with E-state index >= 15 is 0 Å². The molecule has 7 heteroatoms. The van der Waals surface area contributed by atoms with Crippen molar-refractivity contribution in [1.82, 2.24) is 4.72 Å². The van der Waals surface area contributed by atoms with Gasteiger partial charge in [0.1, 0.15) is 17.6 Å². The number of furan rings is 1. The van der Waals surface area contributed by atoms with Crippen LogP contribution in [0.3, 0.4) is 0 Å². The number of rotatable bonds is 5. The summed E-state index contributed by atoms with van der Waals surface area (Å²) in [6.07, 6.45) is 2.53. The standard InChI is InChI=1S/C15H18N2O4S/c1-2-11-9-16-14-8-13(5-6-15(14)21-11)22(18,19)17-10-12-4-3-7-20-12/h3-8,11,16-17H,2,9-10H2,1H3. The molecule has 1 aromatic heterocycles. The molecule has 0 spiro atoms. The average Bonchev–Trinajstić information content (AvgIpc) is 3.05. The zero-order valence-corrected chi connectivity index (χ0v) is 13.0. The molecular weight excluding hydrogens is 304 g/mol. The Morgan fingerprint density at radius 3 is 2.95 bits per heavy atom. The molecule has 0 fully saturated rings. The first kappa shape index (κ1) is 14.9. The van der Waals surface area contributed by atoms with Gasteiger partial charge in [-0.15, -0.1) is 0 Å². The van der Waals surface area contributed by atoms with Gasteiger partial charge in [-0.1, -0.05) is 6.92 Å². The van der Waals surface area contributed by atoms with Gasteiger partial charge in [0.05, 0.1) is 29.9 Å². The summed E-state index contributed by atoms with van der Waals surface area (Å²) in [6, 6.07) is 8.25. The van der Waals surface area contributed by atoms with Gasteiger partial charge in [0.2, 0.25) is 10.0 Å². The maximum Gasteiger partial charge on any atom is 0.241 e. The van der Waals surface area contributed by atoms with Crippen LogP contribution in [0.1, 0.15) is 19.1 Å². The Morgan fingerprint density at radius 2 is 2.23 bits per heavy atom. The zero-order chi connectivity index (χ0) is 15.6. The smallest absolute Gasteiger partial charge is 0.241 e. The molecule has 2 aromatic rings. The van der Waals surface area contributed by atoms with Crippen LogP contribution in [-0.2, 0) is 16.6 Å². The first-order chi connectivity index (χ1) is 10.6. The lowest BCUT2D eigenvalue weighted by Gasteiger charge is -2.26. The highest BCUT2D eigenvalue weighted by molar-refractivity contribution is 7.89. The van der Waals surface area contributed by atoms with E-state index < -0.39 is 10.0 Å². The first-order valence-corrected chi connectivity index (χ1v) is 8.63. The van der Waals surface area contributed by atoms with E-state index in [9.17, 15) is 8.42 Å². The Hall–Kier alpha value is -1.99. The first-order valence-electron chi connectivity index (χ1n) is 7.15. The van der Waals surface area contributed by atoms with Gasteiger partial charge in [-0.3, -0.25) is 0 Å². The van der Waals surface area contributed by atoms with Crippen molar-refractivity contribution in [3.8, 4) is 5.75 Å². The molecule has 1 aliphatic rings. The fourth-order valence-electron chi connectivity index (χ4n) is 2.25. The van der Waals surface area contributed by atoms with Gasteiger partial charge in [0.25, 0.3) is 0 Å². The summed E-state index contributed by atoms with van der Waals surface area (Å²) in [5, 5.41) is 3.21. The average molecular weight is 322 g/mol. The number of hydrogen-bond acceptors (Lipinski definition) is 5. The minimum atomic E-state index is -3.59. The Morgan fingerprint density at radius 1 is 1.36 bits per heavy atom. The summed E-state index contributed by atoms with van der Waals surface area (Å²) >= 11 is 0. The van der Waals surface area contributed by atoms with E-state index in [1.54, 1.807) is 30.3 Å². The van der Waals surface area contributed by atoms with Crippen LogP contribution < -0.4 is 14.8 Å². The van der Waals surface area contributed by atoms with Crippen LogP contribution in [0.4, 0.5) is 5.69 Å². The molecule has 0 amide bonds. The van der Waals surface area contributed by atoms with Crippen molar-refractivity contribution in [2.45, 2.75) is 30.9 Å². The van der Waals surface area contributed by atoms with Crippen molar-refractivity contribution in [1.29, 1.82) is 0 Å². The topological polar surface area (TPSA) is 80.6 Å². The molecule has 0 saturated carbocycles. The summed E-state index contributed by atoms with van der Waals surface area (Å²) in [6.45, 7) is 2.84. The third-order valence-corrected chi connectivity index (χ3v) is 4.95. The Balaban J connectivity index is 1.77. The van der Waals surface area contributed by atoms with E-state index in [1.165, 1.54) is 6.26 Å². The number of anilines is 1. The molecular formula is C15H18N2O4S. The highest BCUT2D eigenvalue weighted by Crippen LogP contribution is 2.31. The second kappa shape index (κ2) is 6.02. The molecule has 0 saturated heterocycles. The van der Waals surface area contributed by atoms with E-state index in [0.29, 0.717) is 23.7 Å². The van der Waals surface area contributed by atoms with E-state index in [4.69, 9.17) is 9.15 Å². The third-order valence-electron chi connectivity index (χ3n) is 3.55. The second-order valence-electron chi connectivity index (χ2n) is 5.09. The summed E-state index contributed by atoms with van der Waals surface area (Å²) in [5.74, 6) is 1.25. The van der Waals surface area contributed by atoms with E-state index in [2.05, 4.69) is 17.0 Å². The van der Waals surface area contributed by atoms with Gasteiger partial charge in [0, 0.05) is 0 Å². The molecule has 22 heavy (non-hydrogen) atoms. The van der Waals surface area contributed by atoms with Gasteiger partial charge in [0.15, 0.2) is 0 Å². The van der Waals surface area contributed by atoms with E-state index in [-0.39, 0.29) is 17.5 Å². The van der Waals surface area contributed by atoms with Crippen LogP contribution in [-0.4, -0.2) is 21.1 Å². The number of ether oxygens (including phenoxy) is 1. The molecule has 0 radical (unpaired) electrons. The maximum absolute atomic E-state index is 12.3. The summed E-state index contributed by atoms with van der Waals surface area (Å²) < 4.78 is 38.0. The predicted octanol–water partition coefficient (Wildman–Crippen LogP) is 2.34. The fourth-order valence-corrected chi connectivity index (χ4v) is 3.27. The van der Waals surface area contributed by atoms with Crippen LogP contribution in [0.15, 0.2) is 45.9 Å². The number of fused-ring (bicyclic) bond motifs is 1.